The van der Waals surface area contributed by atoms with Gasteiger partial charge in [0.2, 0.25) is 5.91 Å². The van der Waals surface area contributed by atoms with Crippen LogP contribution in [0, 0.1) is 0 Å². The second kappa shape index (κ2) is 2.38. The molecule has 3 heteroatoms. The Morgan fingerprint density at radius 1 is 1.42 bits per heavy atom. The molecule has 0 aromatic heterocycles. The van der Waals surface area contributed by atoms with Gasteiger partial charge in [-0.15, -0.1) is 0 Å². The van der Waals surface area contributed by atoms with Crippen molar-refractivity contribution in [3.05, 3.63) is 35.4 Å². The Morgan fingerprint density at radius 3 is 2.75 bits per heavy atom. The molecule has 0 spiro atoms. The predicted octanol–water partition coefficient (Wildman–Crippen LogP) is 0.987. The summed E-state index contributed by atoms with van der Waals surface area (Å²) in [5.74, 6) is -0.671. The third kappa shape index (κ3) is 0.800. The zero-order valence-corrected chi connectivity index (χ0v) is 7.10. The molecule has 2 N–H and O–H groups in total. The van der Waals surface area contributed by atoms with Gasteiger partial charge in [-0.05, 0) is 11.1 Å². The fourth-order valence-corrected chi connectivity index (χ4v) is 1.90. The molecule has 0 radical (unpaired) electrons. The van der Waals surface area contributed by atoms with Crippen LogP contribution in [0.1, 0.15) is 17.0 Å². The molecule has 1 aliphatic rings. The zero-order chi connectivity index (χ0) is 8.72. The molecule has 2 nitrogen and oxygen atoms in total. The van der Waals surface area contributed by atoms with Gasteiger partial charge in [-0.3, -0.25) is 4.79 Å². The van der Waals surface area contributed by atoms with E-state index < -0.39 is 0 Å². The van der Waals surface area contributed by atoms with E-state index in [1.165, 1.54) is 0 Å². The third-order valence-electron chi connectivity index (χ3n) is 2.08. The number of nitrogens with two attached hydrogens (primary N) is 1. The predicted molar refractivity (Wildman–Crippen MR) is 50.1 cm³/mol. The van der Waals surface area contributed by atoms with Crippen LogP contribution in [-0.2, 0) is 4.79 Å². The number of carbonyl (C=O) groups is 1. The van der Waals surface area contributed by atoms with Crippen LogP contribution in [-0.4, -0.2) is 10.8 Å². The first-order valence-corrected chi connectivity index (χ1v) is 4.05. The average Bonchev–Trinajstić information content (AvgIpc) is 2.03. The molecule has 2 rings (SSSR count). The molecule has 60 valence electrons. The highest BCUT2D eigenvalue weighted by Gasteiger charge is 2.35. The third-order valence-corrected chi connectivity index (χ3v) is 2.54. The Kier molecular flexibility index (Phi) is 1.48. The van der Waals surface area contributed by atoms with Crippen molar-refractivity contribution in [2.75, 3.05) is 0 Å². The summed E-state index contributed by atoms with van der Waals surface area (Å²) in [7, 11) is 0. The molecular weight excluding hydrogens is 170 g/mol. The first kappa shape index (κ1) is 7.43. The maximum Gasteiger partial charge on any atom is 0.230 e. The smallest absolute Gasteiger partial charge is 0.230 e. The zero-order valence-electron chi connectivity index (χ0n) is 6.28. The van der Waals surface area contributed by atoms with E-state index in [1.54, 1.807) is 0 Å². The van der Waals surface area contributed by atoms with E-state index in [0.29, 0.717) is 4.86 Å². The van der Waals surface area contributed by atoms with Crippen LogP contribution in [0.15, 0.2) is 24.3 Å². The van der Waals surface area contributed by atoms with Crippen LogP contribution in [0.4, 0.5) is 0 Å². The number of amides is 1. The summed E-state index contributed by atoms with van der Waals surface area (Å²) in [4.78, 5) is 11.6. The molecule has 0 fully saturated rings. The summed E-state index contributed by atoms with van der Waals surface area (Å²) in [6.07, 6.45) is 0. The van der Waals surface area contributed by atoms with Crippen LogP contribution >= 0.6 is 12.2 Å². The average molecular weight is 177 g/mol. The maximum absolute atomic E-state index is 10.9. The number of hydrogen-bond acceptors (Lipinski definition) is 2. The molecular formula is C9H7NOS. The molecule has 1 aromatic rings. The molecule has 0 aliphatic heterocycles. The van der Waals surface area contributed by atoms with E-state index in [-0.39, 0.29) is 11.8 Å². The summed E-state index contributed by atoms with van der Waals surface area (Å²) in [5, 5.41) is 0. The van der Waals surface area contributed by atoms with Crippen LogP contribution in [0.5, 0.6) is 0 Å². The van der Waals surface area contributed by atoms with Crippen molar-refractivity contribution in [3.8, 4) is 0 Å². The van der Waals surface area contributed by atoms with Crippen LogP contribution in [0.25, 0.3) is 0 Å². The van der Waals surface area contributed by atoms with Crippen molar-refractivity contribution >= 4 is 23.0 Å². The lowest BCUT2D eigenvalue weighted by Gasteiger charge is -2.28. The Labute approximate surface area is 75.4 Å². The summed E-state index contributed by atoms with van der Waals surface area (Å²) >= 11 is 5.04. The number of thiocarbonyl (C=S) groups is 1. The summed E-state index contributed by atoms with van der Waals surface area (Å²) in [6.45, 7) is 0. The van der Waals surface area contributed by atoms with Gasteiger partial charge in [0.1, 0.15) is 0 Å². The quantitative estimate of drug-likeness (QED) is 0.650. The van der Waals surface area contributed by atoms with E-state index in [2.05, 4.69) is 0 Å². The van der Waals surface area contributed by atoms with Crippen LogP contribution in [0.2, 0.25) is 0 Å². The fourth-order valence-electron chi connectivity index (χ4n) is 1.47. The molecule has 1 unspecified atom stereocenters. The van der Waals surface area contributed by atoms with Crippen molar-refractivity contribution in [2.24, 2.45) is 5.73 Å². The van der Waals surface area contributed by atoms with Crippen molar-refractivity contribution in [2.45, 2.75) is 5.92 Å². The van der Waals surface area contributed by atoms with Gasteiger partial charge < -0.3 is 5.73 Å². The van der Waals surface area contributed by atoms with E-state index in [0.717, 1.165) is 11.1 Å². The Balaban J connectivity index is 2.50. The second-order valence-electron chi connectivity index (χ2n) is 2.79. The summed E-state index contributed by atoms with van der Waals surface area (Å²) in [5.41, 5.74) is 7.14. The molecule has 0 heterocycles. The Morgan fingerprint density at radius 2 is 2.08 bits per heavy atom. The topological polar surface area (TPSA) is 43.1 Å². The Hall–Kier alpha value is -1.22. The van der Waals surface area contributed by atoms with E-state index in [4.69, 9.17) is 18.0 Å². The summed E-state index contributed by atoms with van der Waals surface area (Å²) in [6, 6.07) is 7.59. The minimum atomic E-state index is -0.348. The first-order valence-electron chi connectivity index (χ1n) is 3.64. The monoisotopic (exact) mass is 177 g/mol. The largest absolute Gasteiger partial charge is 0.369 e. The molecule has 12 heavy (non-hydrogen) atoms. The van der Waals surface area contributed by atoms with E-state index >= 15 is 0 Å². The lowest BCUT2D eigenvalue weighted by Crippen LogP contribution is -2.36. The number of benzene rings is 1. The van der Waals surface area contributed by atoms with E-state index in [9.17, 15) is 4.79 Å². The highest BCUT2D eigenvalue weighted by atomic mass is 32.1. The highest BCUT2D eigenvalue weighted by molar-refractivity contribution is 7.81. The number of rotatable bonds is 1. The van der Waals surface area contributed by atoms with Gasteiger partial charge in [0.15, 0.2) is 0 Å². The van der Waals surface area contributed by atoms with Crippen molar-refractivity contribution in [1.82, 2.24) is 0 Å². The van der Waals surface area contributed by atoms with Gasteiger partial charge >= 0.3 is 0 Å². The minimum absolute atomic E-state index is 0.323. The number of fused-ring (bicyclic) bond motifs is 1. The van der Waals surface area contributed by atoms with Gasteiger partial charge in [-0.2, -0.15) is 0 Å². The SMILES string of the molecule is NC(=O)C1C(=S)c2ccccc21. The fraction of sp³-hybridized carbons (Fsp3) is 0.111. The van der Waals surface area contributed by atoms with Gasteiger partial charge in [0.25, 0.3) is 0 Å². The molecule has 1 aromatic carbocycles. The van der Waals surface area contributed by atoms with Crippen molar-refractivity contribution < 1.29 is 4.79 Å². The molecule has 1 amide bonds. The summed E-state index contributed by atoms with van der Waals surface area (Å²) < 4.78 is 0. The van der Waals surface area contributed by atoms with Crippen LogP contribution < -0.4 is 5.73 Å². The van der Waals surface area contributed by atoms with Gasteiger partial charge in [0, 0.05) is 4.86 Å². The molecule has 0 saturated carbocycles. The van der Waals surface area contributed by atoms with Crippen molar-refractivity contribution in [3.63, 3.8) is 0 Å². The number of primary amides is 1. The highest BCUT2D eigenvalue weighted by Crippen LogP contribution is 2.35. The lowest BCUT2D eigenvalue weighted by atomic mass is 9.77. The number of carbonyl (C=O) groups excluding carboxylic acids is 1. The van der Waals surface area contributed by atoms with Gasteiger partial charge in [0.05, 0.1) is 5.92 Å². The molecule has 0 saturated heterocycles. The molecule has 0 bridgehead atoms. The molecule has 1 aliphatic carbocycles. The second-order valence-corrected chi connectivity index (χ2v) is 3.23. The minimum Gasteiger partial charge on any atom is -0.369 e. The van der Waals surface area contributed by atoms with Gasteiger partial charge in [-0.25, -0.2) is 0 Å². The molecule has 1 atom stereocenters. The van der Waals surface area contributed by atoms with E-state index in [1.807, 2.05) is 24.3 Å². The lowest BCUT2D eigenvalue weighted by molar-refractivity contribution is -0.118. The van der Waals surface area contributed by atoms with Gasteiger partial charge in [-0.1, -0.05) is 36.5 Å². The first-order chi connectivity index (χ1) is 5.72. The number of hydrogen-bond donors (Lipinski definition) is 1. The maximum atomic E-state index is 10.9. The Bertz CT molecular complexity index is 373. The standard InChI is InChI=1S/C9H7NOS/c10-9(11)7-5-3-1-2-4-6(5)8(7)12/h1-4,7H,(H2,10,11). The normalized spacial score (nSPS) is 19.7. The van der Waals surface area contributed by atoms with Crippen molar-refractivity contribution in [1.29, 1.82) is 0 Å². The van der Waals surface area contributed by atoms with Crippen LogP contribution in [0.3, 0.4) is 0 Å².